The van der Waals surface area contributed by atoms with E-state index in [-0.39, 0.29) is 11.4 Å². The molecular formula is C14H10BrNO4. The molecule has 0 fully saturated rings. The molecule has 0 bridgehead atoms. The number of halogens is 1. The molecule has 2 aromatic rings. The fraction of sp³-hybridized carbons (Fsp3) is 0.0714. The molecule has 2 rings (SSSR count). The summed E-state index contributed by atoms with van der Waals surface area (Å²) in [6.45, 7) is 1.91. The summed E-state index contributed by atoms with van der Waals surface area (Å²) in [4.78, 5) is 21.9. The molecule has 2 aromatic carbocycles. The molecule has 0 heterocycles. The summed E-state index contributed by atoms with van der Waals surface area (Å²) in [5.41, 5.74) is 1.36. The monoisotopic (exact) mass is 335 g/mol. The first-order chi connectivity index (χ1) is 9.47. The lowest BCUT2D eigenvalue weighted by atomic mass is 10.1. The van der Waals surface area contributed by atoms with Crippen molar-refractivity contribution in [1.29, 1.82) is 0 Å². The Labute approximate surface area is 123 Å². The van der Waals surface area contributed by atoms with Gasteiger partial charge in [0.05, 0.1) is 10.5 Å². The van der Waals surface area contributed by atoms with E-state index in [0.717, 1.165) is 10.0 Å². The van der Waals surface area contributed by atoms with Gasteiger partial charge in [-0.05, 0) is 36.8 Å². The number of hydrogen-bond donors (Lipinski definition) is 0. The second-order valence-electron chi connectivity index (χ2n) is 4.10. The molecule has 0 unspecified atom stereocenters. The van der Waals surface area contributed by atoms with Gasteiger partial charge in [0.25, 0.3) is 5.69 Å². The van der Waals surface area contributed by atoms with Gasteiger partial charge in [-0.15, -0.1) is 0 Å². The van der Waals surface area contributed by atoms with E-state index >= 15 is 0 Å². The molecule has 0 radical (unpaired) electrons. The third-order valence-electron chi connectivity index (χ3n) is 2.67. The highest BCUT2D eigenvalue weighted by molar-refractivity contribution is 9.10. The van der Waals surface area contributed by atoms with Gasteiger partial charge < -0.3 is 4.74 Å². The van der Waals surface area contributed by atoms with Crippen LogP contribution in [-0.2, 0) is 0 Å². The molecule has 6 heteroatoms. The topological polar surface area (TPSA) is 69.4 Å². The number of nitrogens with zero attached hydrogens (tertiary/aromatic N) is 1. The zero-order valence-corrected chi connectivity index (χ0v) is 12.1. The number of hydrogen-bond acceptors (Lipinski definition) is 4. The fourth-order valence-electron chi connectivity index (χ4n) is 1.52. The van der Waals surface area contributed by atoms with E-state index in [1.807, 2.05) is 6.92 Å². The number of ether oxygens (including phenoxy) is 1. The standard InChI is InChI=1S/C14H10BrNO4/c1-9-2-3-10(8-13(9)15)14(17)20-12-6-4-11(5-7-12)16(18)19/h2-8H,1H3. The van der Waals surface area contributed by atoms with Crippen LogP contribution in [0.25, 0.3) is 0 Å². The van der Waals surface area contributed by atoms with E-state index in [1.54, 1.807) is 18.2 Å². The zero-order valence-electron chi connectivity index (χ0n) is 10.5. The highest BCUT2D eigenvalue weighted by Gasteiger charge is 2.11. The van der Waals surface area contributed by atoms with E-state index in [1.165, 1.54) is 24.3 Å². The number of nitro groups is 1. The van der Waals surface area contributed by atoms with Crippen molar-refractivity contribution >= 4 is 27.6 Å². The molecular weight excluding hydrogens is 326 g/mol. The summed E-state index contributed by atoms with van der Waals surface area (Å²) in [5, 5.41) is 10.5. The molecule has 0 aliphatic rings. The van der Waals surface area contributed by atoms with Crippen LogP contribution in [0, 0.1) is 17.0 Å². The third-order valence-corrected chi connectivity index (χ3v) is 3.52. The van der Waals surface area contributed by atoms with Crippen LogP contribution in [0.4, 0.5) is 5.69 Å². The van der Waals surface area contributed by atoms with Gasteiger partial charge in [0.15, 0.2) is 0 Å². The van der Waals surface area contributed by atoms with Crippen LogP contribution in [0.1, 0.15) is 15.9 Å². The van der Waals surface area contributed by atoms with Crippen molar-refractivity contribution < 1.29 is 14.5 Å². The van der Waals surface area contributed by atoms with Gasteiger partial charge in [-0.3, -0.25) is 10.1 Å². The Bertz CT molecular complexity index is 667. The van der Waals surface area contributed by atoms with Gasteiger partial charge >= 0.3 is 5.97 Å². The second-order valence-corrected chi connectivity index (χ2v) is 4.96. The maximum absolute atomic E-state index is 11.9. The van der Waals surface area contributed by atoms with Crippen molar-refractivity contribution in [2.45, 2.75) is 6.92 Å². The Balaban J connectivity index is 2.14. The molecule has 0 saturated carbocycles. The molecule has 0 atom stereocenters. The SMILES string of the molecule is Cc1ccc(C(=O)Oc2ccc([N+](=O)[O-])cc2)cc1Br. The summed E-state index contributed by atoms with van der Waals surface area (Å²) in [7, 11) is 0. The van der Waals surface area contributed by atoms with Crippen LogP contribution in [0.5, 0.6) is 5.75 Å². The van der Waals surface area contributed by atoms with Gasteiger partial charge in [-0.1, -0.05) is 22.0 Å². The summed E-state index contributed by atoms with van der Waals surface area (Å²) in [5.74, 6) is -0.253. The Kier molecular flexibility index (Phi) is 4.14. The molecule has 5 nitrogen and oxygen atoms in total. The van der Waals surface area contributed by atoms with Gasteiger partial charge in [0.1, 0.15) is 5.75 Å². The van der Waals surface area contributed by atoms with Crippen molar-refractivity contribution in [1.82, 2.24) is 0 Å². The van der Waals surface area contributed by atoms with Crippen molar-refractivity contribution in [2.75, 3.05) is 0 Å². The van der Waals surface area contributed by atoms with Gasteiger partial charge in [0.2, 0.25) is 0 Å². The first-order valence-corrected chi connectivity index (χ1v) is 6.49. The molecule has 0 saturated heterocycles. The van der Waals surface area contributed by atoms with E-state index in [9.17, 15) is 14.9 Å². The maximum Gasteiger partial charge on any atom is 0.343 e. The highest BCUT2D eigenvalue weighted by Crippen LogP contribution is 2.21. The van der Waals surface area contributed by atoms with Crippen LogP contribution >= 0.6 is 15.9 Å². The number of aryl methyl sites for hydroxylation is 1. The van der Waals surface area contributed by atoms with Crippen LogP contribution in [0.3, 0.4) is 0 Å². The first-order valence-electron chi connectivity index (χ1n) is 5.70. The lowest BCUT2D eigenvalue weighted by Crippen LogP contribution is -2.08. The van der Waals surface area contributed by atoms with Crippen molar-refractivity contribution in [3.63, 3.8) is 0 Å². The lowest BCUT2D eigenvalue weighted by Gasteiger charge is -2.05. The molecule has 20 heavy (non-hydrogen) atoms. The number of benzene rings is 2. The van der Waals surface area contributed by atoms with E-state index < -0.39 is 10.9 Å². The van der Waals surface area contributed by atoms with Crippen molar-refractivity contribution in [2.24, 2.45) is 0 Å². The van der Waals surface area contributed by atoms with Crippen LogP contribution in [0.2, 0.25) is 0 Å². The average Bonchev–Trinajstić information content (AvgIpc) is 2.42. The average molecular weight is 336 g/mol. The Hall–Kier alpha value is -2.21. The van der Waals surface area contributed by atoms with E-state index in [0.29, 0.717) is 5.56 Å². The maximum atomic E-state index is 11.9. The minimum atomic E-state index is -0.514. The fourth-order valence-corrected chi connectivity index (χ4v) is 1.90. The van der Waals surface area contributed by atoms with Crippen LogP contribution in [0.15, 0.2) is 46.9 Å². The molecule has 0 aromatic heterocycles. The van der Waals surface area contributed by atoms with Crippen LogP contribution < -0.4 is 4.74 Å². The second kappa shape index (κ2) is 5.83. The number of nitro benzene ring substituents is 1. The van der Waals surface area contributed by atoms with Crippen molar-refractivity contribution in [3.8, 4) is 5.75 Å². The largest absolute Gasteiger partial charge is 0.423 e. The molecule has 0 aliphatic heterocycles. The Morgan fingerprint density at radius 3 is 2.40 bits per heavy atom. The number of carbonyl (C=O) groups is 1. The smallest absolute Gasteiger partial charge is 0.343 e. The zero-order chi connectivity index (χ0) is 14.7. The van der Waals surface area contributed by atoms with Gasteiger partial charge in [-0.25, -0.2) is 4.79 Å². The Morgan fingerprint density at radius 1 is 1.20 bits per heavy atom. The number of non-ortho nitro benzene ring substituents is 1. The summed E-state index contributed by atoms with van der Waals surface area (Å²) in [6.07, 6.45) is 0. The predicted octanol–water partition coefficient (Wildman–Crippen LogP) is 3.88. The Morgan fingerprint density at radius 2 is 1.85 bits per heavy atom. The number of esters is 1. The number of carbonyl (C=O) groups excluding carboxylic acids is 1. The summed E-state index contributed by atoms with van der Waals surface area (Å²) < 4.78 is 5.96. The van der Waals surface area contributed by atoms with Crippen molar-refractivity contribution in [3.05, 3.63) is 68.2 Å². The normalized spacial score (nSPS) is 10.1. The van der Waals surface area contributed by atoms with Crippen LogP contribution in [-0.4, -0.2) is 10.9 Å². The highest BCUT2D eigenvalue weighted by atomic mass is 79.9. The van der Waals surface area contributed by atoms with Gasteiger partial charge in [-0.2, -0.15) is 0 Å². The molecule has 0 spiro atoms. The third kappa shape index (κ3) is 3.21. The molecule has 102 valence electrons. The predicted molar refractivity (Wildman–Crippen MR) is 76.9 cm³/mol. The first kappa shape index (κ1) is 14.2. The molecule has 0 aliphatic carbocycles. The minimum Gasteiger partial charge on any atom is -0.423 e. The lowest BCUT2D eigenvalue weighted by molar-refractivity contribution is -0.384. The summed E-state index contributed by atoms with van der Waals surface area (Å²) >= 11 is 3.34. The van der Waals surface area contributed by atoms with Gasteiger partial charge in [0, 0.05) is 16.6 Å². The summed E-state index contributed by atoms with van der Waals surface area (Å²) in [6, 6.07) is 10.5. The van der Waals surface area contributed by atoms with E-state index in [4.69, 9.17) is 4.74 Å². The molecule has 0 amide bonds. The minimum absolute atomic E-state index is 0.0529. The number of rotatable bonds is 3. The quantitative estimate of drug-likeness (QED) is 0.369. The molecule has 0 N–H and O–H groups in total. The van der Waals surface area contributed by atoms with E-state index in [2.05, 4.69) is 15.9 Å².